The Morgan fingerprint density at radius 1 is 1.20 bits per heavy atom. The molecule has 0 saturated heterocycles. The average molecular weight is 271 g/mol. The van der Waals surface area contributed by atoms with Gasteiger partial charge in [0.1, 0.15) is 5.75 Å². The fourth-order valence-electron chi connectivity index (χ4n) is 1.81. The van der Waals surface area contributed by atoms with Gasteiger partial charge in [-0.1, -0.05) is 30.3 Å². The summed E-state index contributed by atoms with van der Waals surface area (Å²) in [5.74, 6) is 0.468. The van der Waals surface area contributed by atoms with Crippen LogP contribution in [0, 0.1) is 6.92 Å². The summed E-state index contributed by atoms with van der Waals surface area (Å²) in [5.41, 5.74) is 2.39. The Balaban J connectivity index is 1.91. The zero-order valence-electron chi connectivity index (χ0n) is 11.3. The summed E-state index contributed by atoms with van der Waals surface area (Å²) in [7, 11) is 0. The predicted octanol–water partition coefficient (Wildman–Crippen LogP) is 2.50. The van der Waals surface area contributed by atoms with Gasteiger partial charge in [0.2, 0.25) is 0 Å². The van der Waals surface area contributed by atoms with Crippen molar-refractivity contribution in [2.75, 3.05) is 11.9 Å². The van der Waals surface area contributed by atoms with Gasteiger partial charge in [-0.15, -0.1) is 0 Å². The maximum absolute atomic E-state index is 11.8. The number of amides is 1. The molecule has 0 aromatic heterocycles. The van der Waals surface area contributed by atoms with Crippen molar-refractivity contribution in [1.29, 1.82) is 0 Å². The van der Waals surface area contributed by atoms with E-state index in [0.29, 0.717) is 11.4 Å². The highest BCUT2D eigenvalue weighted by atomic mass is 16.5. The van der Waals surface area contributed by atoms with E-state index in [1.165, 1.54) is 0 Å². The molecule has 1 amide bonds. The molecule has 0 aliphatic rings. The molecular formula is C16H17NO3. The minimum Gasteiger partial charge on any atom is -0.483 e. The molecule has 0 fully saturated rings. The average Bonchev–Trinajstić information content (AvgIpc) is 2.46. The van der Waals surface area contributed by atoms with Gasteiger partial charge in [0.05, 0.1) is 6.61 Å². The van der Waals surface area contributed by atoms with Crippen molar-refractivity contribution in [2.24, 2.45) is 0 Å². The van der Waals surface area contributed by atoms with E-state index in [1.54, 1.807) is 24.3 Å². The van der Waals surface area contributed by atoms with Crippen LogP contribution in [0.1, 0.15) is 11.1 Å². The summed E-state index contributed by atoms with van der Waals surface area (Å²) in [4.78, 5) is 11.8. The van der Waals surface area contributed by atoms with Crippen LogP contribution in [0.4, 0.5) is 5.69 Å². The number of nitrogens with one attached hydrogen (secondary N) is 1. The monoisotopic (exact) mass is 271 g/mol. The number of aliphatic hydroxyl groups excluding tert-OH is 1. The number of hydrogen-bond acceptors (Lipinski definition) is 3. The van der Waals surface area contributed by atoms with E-state index < -0.39 is 0 Å². The first-order valence-corrected chi connectivity index (χ1v) is 6.37. The summed E-state index contributed by atoms with van der Waals surface area (Å²) in [6.07, 6.45) is 0. The molecule has 4 nitrogen and oxygen atoms in total. The van der Waals surface area contributed by atoms with Crippen molar-refractivity contribution in [2.45, 2.75) is 13.5 Å². The van der Waals surface area contributed by atoms with Gasteiger partial charge in [0.15, 0.2) is 6.61 Å². The lowest BCUT2D eigenvalue weighted by Gasteiger charge is -2.09. The van der Waals surface area contributed by atoms with E-state index in [-0.39, 0.29) is 19.1 Å². The topological polar surface area (TPSA) is 58.6 Å². The predicted molar refractivity (Wildman–Crippen MR) is 77.7 cm³/mol. The van der Waals surface area contributed by atoms with Crippen LogP contribution < -0.4 is 10.1 Å². The second kappa shape index (κ2) is 6.73. The quantitative estimate of drug-likeness (QED) is 0.878. The third-order valence-electron chi connectivity index (χ3n) is 2.85. The number of hydrogen-bond donors (Lipinski definition) is 2. The van der Waals surface area contributed by atoms with E-state index >= 15 is 0 Å². The molecule has 0 aliphatic carbocycles. The van der Waals surface area contributed by atoms with Gasteiger partial charge in [0.25, 0.3) is 5.91 Å². The zero-order chi connectivity index (χ0) is 14.4. The molecule has 2 N–H and O–H groups in total. The molecule has 0 heterocycles. The third kappa shape index (κ3) is 3.83. The standard InChI is InChI=1S/C16H17NO3/c1-12-5-2-3-8-15(12)20-11-16(19)17-14-7-4-6-13(9-14)10-18/h2-9,18H,10-11H2,1H3,(H,17,19). The van der Waals surface area contributed by atoms with Crippen molar-refractivity contribution in [3.63, 3.8) is 0 Å². The fourth-order valence-corrected chi connectivity index (χ4v) is 1.81. The Hall–Kier alpha value is -2.33. The smallest absolute Gasteiger partial charge is 0.262 e. The van der Waals surface area contributed by atoms with Gasteiger partial charge in [-0.2, -0.15) is 0 Å². The fraction of sp³-hybridized carbons (Fsp3) is 0.188. The van der Waals surface area contributed by atoms with Crippen LogP contribution in [0.15, 0.2) is 48.5 Å². The lowest BCUT2D eigenvalue weighted by atomic mass is 10.2. The minimum atomic E-state index is -0.233. The molecule has 20 heavy (non-hydrogen) atoms. The van der Waals surface area contributed by atoms with Crippen molar-refractivity contribution in [3.8, 4) is 5.75 Å². The SMILES string of the molecule is Cc1ccccc1OCC(=O)Nc1cccc(CO)c1. The molecule has 0 aliphatic heterocycles. The maximum Gasteiger partial charge on any atom is 0.262 e. The van der Waals surface area contributed by atoms with Gasteiger partial charge >= 0.3 is 0 Å². The van der Waals surface area contributed by atoms with Crippen molar-refractivity contribution in [3.05, 3.63) is 59.7 Å². The molecular weight excluding hydrogens is 254 g/mol. The third-order valence-corrected chi connectivity index (χ3v) is 2.85. The van der Waals surface area contributed by atoms with E-state index in [4.69, 9.17) is 9.84 Å². The summed E-state index contributed by atoms with van der Waals surface area (Å²) >= 11 is 0. The van der Waals surface area contributed by atoms with Gasteiger partial charge in [-0.25, -0.2) is 0 Å². The normalized spacial score (nSPS) is 10.1. The highest BCUT2D eigenvalue weighted by Crippen LogP contribution is 2.16. The molecule has 4 heteroatoms. The van der Waals surface area contributed by atoms with Crippen molar-refractivity contribution >= 4 is 11.6 Å². The number of rotatable bonds is 5. The lowest BCUT2D eigenvalue weighted by Crippen LogP contribution is -2.20. The molecule has 0 unspecified atom stereocenters. The lowest BCUT2D eigenvalue weighted by molar-refractivity contribution is -0.118. The Kier molecular flexibility index (Phi) is 4.74. The second-order valence-corrected chi connectivity index (χ2v) is 4.46. The van der Waals surface area contributed by atoms with Gasteiger partial charge in [-0.3, -0.25) is 4.79 Å². The van der Waals surface area contributed by atoms with Gasteiger partial charge < -0.3 is 15.2 Å². The van der Waals surface area contributed by atoms with Crippen molar-refractivity contribution < 1.29 is 14.6 Å². The molecule has 0 spiro atoms. The maximum atomic E-state index is 11.8. The summed E-state index contributed by atoms with van der Waals surface area (Å²) in [6, 6.07) is 14.6. The van der Waals surface area contributed by atoms with Crippen LogP contribution in [0.3, 0.4) is 0 Å². The number of aliphatic hydroxyl groups is 1. The van der Waals surface area contributed by atoms with Crippen molar-refractivity contribution in [1.82, 2.24) is 0 Å². The number of para-hydroxylation sites is 1. The number of carbonyl (C=O) groups is 1. The van der Waals surface area contributed by atoms with Crippen LogP contribution in [0.5, 0.6) is 5.75 Å². The first-order valence-electron chi connectivity index (χ1n) is 6.37. The molecule has 2 aromatic rings. The molecule has 2 aromatic carbocycles. The molecule has 0 saturated carbocycles. The minimum absolute atomic E-state index is 0.0474. The van der Waals surface area contributed by atoms with Gasteiger partial charge in [0, 0.05) is 5.69 Å². The van der Waals surface area contributed by atoms with Crippen LogP contribution in [-0.4, -0.2) is 17.6 Å². The second-order valence-electron chi connectivity index (χ2n) is 4.46. The first kappa shape index (κ1) is 14.1. The summed E-state index contributed by atoms with van der Waals surface area (Å²) in [6.45, 7) is 1.83. The van der Waals surface area contributed by atoms with E-state index in [0.717, 1.165) is 11.1 Å². The molecule has 104 valence electrons. The number of ether oxygens (including phenoxy) is 1. The van der Waals surface area contributed by atoms with E-state index in [1.807, 2.05) is 31.2 Å². The zero-order valence-corrected chi connectivity index (χ0v) is 11.3. The number of benzene rings is 2. The van der Waals surface area contributed by atoms with Crippen LogP contribution in [0.25, 0.3) is 0 Å². The summed E-state index contributed by atoms with van der Waals surface area (Å²) in [5, 5.41) is 11.8. The van der Waals surface area contributed by atoms with Crippen LogP contribution in [-0.2, 0) is 11.4 Å². The number of anilines is 1. The van der Waals surface area contributed by atoms with Gasteiger partial charge in [-0.05, 0) is 36.2 Å². The Labute approximate surface area is 118 Å². The molecule has 2 rings (SSSR count). The van der Waals surface area contributed by atoms with E-state index in [9.17, 15) is 4.79 Å². The highest BCUT2D eigenvalue weighted by Gasteiger charge is 2.05. The Morgan fingerprint density at radius 2 is 2.00 bits per heavy atom. The van der Waals surface area contributed by atoms with Crippen LogP contribution >= 0.6 is 0 Å². The Morgan fingerprint density at radius 3 is 2.75 bits per heavy atom. The Bertz CT molecular complexity index is 596. The van der Waals surface area contributed by atoms with E-state index in [2.05, 4.69) is 5.32 Å². The molecule has 0 atom stereocenters. The largest absolute Gasteiger partial charge is 0.483 e. The number of aryl methyl sites for hydroxylation is 1. The highest BCUT2D eigenvalue weighted by molar-refractivity contribution is 5.91. The summed E-state index contributed by atoms with van der Waals surface area (Å²) < 4.78 is 5.47. The molecule has 0 bridgehead atoms. The number of carbonyl (C=O) groups excluding carboxylic acids is 1. The molecule has 0 radical (unpaired) electrons. The van der Waals surface area contributed by atoms with Crippen LogP contribution in [0.2, 0.25) is 0 Å². The first-order chi connectivity index (χ1) is 9.69.